The van der Waals surface area contributed by atoms with Crippen molar-refractivity contribution in [2.75, 3.05) is 32.8 Å². The van der Waals surface area contributed by atoms with E-state index in [0.717, 1.165) is 47.5 Å². The molecule has 0 spiro atoms. The summed E-state index contributed by atoms with van der Waals surface area (Å²) in [7, 11) is 0. The molecule has 2 heterocycles. The van der Waals surface area contributed by atoms with Crippen LogP contribution in [0.3, 0.4) is 0 Å². The maximum atomic E-state index is 13.3. The van der Waals surface area contributed by atoms with Crippen LogP contribution in [0.5, 0.6) is 11.5 Å². The van der Waals surface area contributed by atoms with Crippen LogP contribution in [0.4, 0.5) is 4.79 Å². The Morgan fingerprint density at radius 2 is 1.67 bits per heavy atom. The van der Waals surface area contributed by atoms with E-state index >= 15 is 0 Å². The molecule has 7 heteroatoms. The van der Waals surface area contributed by atoms with Gasteiger partial charge in [-0.1, -0.05) is 48.9 Å². The lowest BCUT2D eigenvalue weighted by Gasteiger charge is -2.26. The zero-order valence-corrected chi connectivity index (χ0v) is 22.2. The first kappa shape index (κ1) is 26.5. The number of rotatable bonds is 9. The summed E-state index contributed by atoms with van der Waals surface area (Å²) in [6, 6.07) is 22.6. The summed E-state index contributed by atoms with van der Waals surface area (Å²) >= 11 is 0. The summed E-state index contributed by atoms with van der Waals surface area (Å²) in [6.45, 7) is 5.82. The van der Waals surface area contributed by atoms with Gasteiger partial charge in [-0.25, -0.2) is 9.59 Å². The van der Waals surface area contributed by atoms with Crippen LogP contribution in [0.25, 0.3) is 22.1 Å². The van der Waals surface area contributed by atoms with Crippen LogP contribution >= 0.6 is 0 Å². The van der Waals surface area contributed by atoms with Gasteiger partial charge in [0.05, 0.1) is 12.2 Å². The van der Waals surface area contributed by atoms with Gasteiger partial charge in [-0.2, -0.15) is 0 Å². The van der Waals surface area contributed by atoms with E-state index in [4.69, 9.17) is 18.6 Å². The summed E-state index contributed by atoms with van der Waals surface area (Å²) < 4.78 is 21.8. The zero-order chi connectivity index (χ0) is 27.0. The molecule has 0 saturated carbocycles. The first-order valence-electron chi connectivity index (χ1n) is 13.5. The van der Waals surface area contributed by atoms with Crippen molar-refractivity contribution >= 4 is 17.1 Å². The number of nitrogens with zero attached hydrogens (tertiary/aromatic N) is 1. The lowest BCUT2D eigenvalue weighted by atomic mass is 9.93. The molecule has 4 aromatic rings. The van der Waals surface area contributed by atoms with Crippen LogP contribution in [-0.4, -0.2) is 43.9 Å². The standard InChI is InChI=1S/C32H33NO6/c1-2-36-32(35)38-26-15-16-27-28(30(24-9-5-3-6-10-24)31(34)39-29(27)22-26)21-23-11-13-25(14-12-23)37-20-19-33-17-7-4-8-18-33/h3,5-6,9-16,22H,2,4,7-8,17-21H2,1H3. The fraction of sp³-hybridized carbons (Fsp3) is 0.312. The third kappa shape index (κ3) is 6.67. The van der Waals surface area contributed by atoms with Crippen molar-refractivity contribution in [3.05, 3.63) is 94.3 Å². The Hall–Kier alpha value is -4.10. The Kier molecular flexibility index (Phi) is 8.58. The molecular weight excluding hydrogens is 494 g/mol. The minimum atomic E-state index is -0.807. The van der Waals surface area contributed by atoms with Gasteiger partial charge in [0.15, 0.2) is 0 Å². The van der Waals surface area contributed by atoms with Crippen LogP contribution in [-0.2, 0) is 11.2 Å². The highest BCUT2D eigenvalue weighted by atomic mass is 16.7. The van der Waals surface area contributed by atoms with E-state index in [1.807, 2.05) is 60.7 Å². The van der Waals surface area contributed by atoms with Crippen molar-refractivity contribution in [3.63, 3.8) is 0 Å². The monoisotopic (exact) mass is 527 g/mol. The Morgan fingerprint density at radius 1 is 0.923 bits per heavy atom. The third-order valence-corrected chi connectivity index (χ3v) is 6.94. The molecule has 1 aliphatic rings. The van der Waals surface area contributed by atoms with E-state index in [9.17, 15) is 9.59 Å². The molecule has 5 rings (SSSR count). The fourth-order valence-electron chi connectivity index (χ4n) is 5.02. The van der Waals surface area contributed by atoms with Gasteiger partial charge < -0.3 is 18.6 Å². The molecule has 0 unspecified atom stereocenters. The van der Waals surface area contributed by atoms with Crippen molar-refractivity contribution in [1.82, 2.24) is 4.90 Å². The second-order valence-electron chi connectivity index (χ2n) is 9.62. The molecule has 1 fully saturated rings. The molecule has 1 saturated heterocycles. The van der Waals surface area contributed by atoms with Gasteiger partial charge in [-0.15, -0.1) is 0 Å². The normalized spacial score (nSPS) is 13.8. The van der Waals surface area contributed by atoms with Gasteiger partial charge in [-0.05, 0) is 80.2 Å². The quantitative estimate of drug-likeness (QED) is 0.141. The number of piperidine rings is 1. The van der Waals surface area contributed by atoms with Gasteiger partial charge in [0.25, 0.3) is 0 Å². The van der Waals surface area contributed by atoms with E-state index in [2.05, 4.69) is 4.90 Å². The average molecular weight is 528 g/mol. The maximum absolute atomic E-state index is 13.3. The summed E-state index contributed by atoms with van der Waals surface area (Å²) in [6.07, 6.45) is 3.57. The zero-order valence-electron chi connectivity index (χ0n) is 22.2. The van der Waals surface area contributed by atoms with Crippen molar-refractivity contribution in [2.45, 2.75) is 32.6 Å². The van der Waals surface area contributed by atoms with Crippen molar-refractivity contribution in [1.29, 1.82) is 0 Å². The van der Waals surface area contributed by atoms with E-state index in [0.29, 0.717) is 24.2 Å². The highest BCUT2D eigenvalue weighted by Gasteiger charge is 2.18. The number of benzene rings is 3. The van der Waals surface area contributed by atoms with Crippen LogP contribution < -0.4 is 15.1 Å². The first-order chi connectivity index (χ1) is 19.1. The Balaban J connectivity index is 1.41. The number of likely N-dealkylation sites (tertiary alicyclic amines) is 1. The van der Waals surface area contributed by atoms with Gasteiger partial charge in [0.2, 0.25) is 0 Å². The van der Waals surface area contributed by atoms with E-state index in [1.54, 1.807) is 19.1 Å². The van der Waals surface area contributed by atoms with E-state index in [-0.39, 0.29) is 12.4 Å². The van der Waals surface area contributed by atoms with Gasteiger partial charge >= 0.3 is 11.8 Å². The molecule has 0 atom stereocenters. The molecular formula is C32H33NO6. The summed E-state index contributed by atoms with van der Waals surface area (Å²) in [5.41, 5.74) is 3.07. The van der Waals surface area contributed by atoms with Gasteiger partial charge in [0, 0.05) is 18.0 Å². The minimum absolute atomic E-state index is 0.203. The number of ether oxygens (including phenoxy) is 3. The molecule has 39 heavy (non-hydrogen) atoms. The molecule has 0 aliphatic carbocycles. The van der Waals surface area contributed by atoms with Crippen molar-refractivity contribution in [2.24, 2.45) is 0 Å². The van der Waals surface area contributed by atoms with Crippen LogP contribution in [0, 0.1) is 0 Å². The van der Waals surface area contributed by atoms with Crippen LogP contribution in [0.2, 0.25) is 0 Å². The predicted molar refractivity (Wildman–Crippen MR) is 151 cm³/mol. The minimum Gasteiger partial charge on any atom is -0.492 e. The second-order valence-corrected chi connectivity index (χ2v) is 9.62. The van der Waals surface area contributed by atoms with E-state index in [1.165, 1.54) is 19.3 Å². The largest absolute Gasteiger partial charge is 0.513 e. The molecule has 202 valence electrons. The highest BCUT2D eigenvalue weighted by Crippen LogP contribution is 2.32. The van der Waals surface area contributed by atoms with Crippen molar-refractivity contribution < 1.29 is 23.4 Å². The predicted octanol–water partition coefficient (Wildman–Crippen LogP) is 6.45. The molecule has 1 aliphatic heterocycles. The lowest BCUT2D eigenvalue weighted by molar-refractivity contribution is 0.104. The SMILES string of the molecule is CCOC(=O)Oc1ccc2c(Cc3ccc(OCCN4CCCCC4)cc3)c(-c3ccccc3)c(=O)oc2c1. The Labute approximate surface area is 227 Å². The number of fused-ring (bicyclic) bond motifs is 1. The molecule has 1 aromatic heterocycles. The molecule has 0 radical (unpaired) electrons. The second kappa shape index (κ2) is 12.6. The molecule has 0 amide bonds. The summed E-state index contributed by atoms with van der Waals surface area (Å²) in [5, 5.41) is 0.770. The number of carbonyl (C=O) groups excluding carboxylic acids is 1. The Morgan fingerprint density at radius 3 is 2.41 bits per heavy atom. The van der Waals surface area contributed by atoms with Crippen LogP contribution in [0.15, 0.2) is 82.0 Å². The maximum Gasteiger partial charge on any atom is 0.513 e. The van der Waals surface area contributed by atoms with Crippen molar-refractivity contribution in [3.8, 4) is 22.6 Å². The fourth-order valence-corrected chi connectivity index (χ4v) is 5.02. The smallest absolute Gasteiger partial charge is 0.492 e. The molecule has 0 N–H and O–H groups in total. The summed E-state index contributed by atoms with van der Waals surface area (Å²) in [5.74, 6) is 1.07. The highest BCUT2D eigenvalue weighted by molar-refractivity contribution is 5.88. The topological polar surface area (TPSA) is 78.2 Å². The first-order valence-corrected chi connectivity index (χ1v) is 13.5. The molecule has 0 bridgehead atoms. The number of hydrogen-bond acceptors (Lipinski definition) is 7. The molecule has 3 aromatic carbocycles. The average Bonchev–Trinajstić information content (AvgIpc) is 2.95. The lowest BCUT2D eigenvalue weighted by Crippen LogP contribution is -2.33. The Bertz CT molecular complexity index is 1460. The van der Waals surface area contributed by atoms with Crippen LogP contribution in [0.1, 0.15) is 37.3 Å². The number of hydrogen-bond donors (Lipinski definition) is 0. The van der Waals surface area contributed by atoms with Gasteiger partial charge in [0.1, 0.15) is 23.7 Å². The molecule has 7 nitrogen and oxygen atoms in total. The van der Waals surface area contributed by atoms with E-state index < -0.39 is 11.8 Å². The third-order valence-electron chi connectivity index (χ3n) is 6.94. The number of carbonyl (C=O) groups is 1. The summed E-state index contributed by atoms with van der Waals surface area (Å²) in [4.78, 5) is 27.5. The van der Waals surface area contributed by atoms with Gasteiger partial charge in [-0.3, -0.25) is 4.90 Å².